The van der Waals surface area contributed by atoms with E-state index < -0.39 is 11.7 Å². The van der Waals surface area contributed by atoms with Gasteiger partial charge < -0.3 is 0 Å². The minimum atomic E-state index is -4.48. The summed E-state index contributed by atoms with van der Waals surface area (Å²) in [5.41, 5.74) is -0.650. The van der Waals surface area contributed by atoms with Crippen LogP contribution in [-0.2, 0) is 6.18 Å². The third-order valence-electron chi connectivity index (χ3n) is 2.14. The topological polar surface area (TPSA) is 58.6 Å². The molecule has 0 bridgehead atoms. The molecule has 0 fully saturated rings. The van der Waals surface area contributed by atoms with E-state index in [9.17, 15) is 18.0 Å². The summed E-state index contributed by atoms with van der Waals surface area (Å²) in [6, 6.07) is 2.71. The average molecular weight is 241 g/mol. The van der Waals surface area contributed by atoms with Gasteiger partial charge in [0.05, 0.1) is 11.9 Å². The summed E-state index contributed by atoms with van der Waals surface area (Å²) < 4.78 is 37.7. The van der Waals surface area contributed by atoms with Crippen LogP contribution >= 0.6 is 0 Å². The highest BCUT2D eigenvalue weighted by Gasteiger charge is 2.35. The van der Waals surface area contributed by atoms with Crippen LogP contribution in [0.4, 0.5) is 13.2 Å². The van der Waals surface area contributed by atoms with Crippen LogP contribution in [0.15, 0.2) is 24.5 Å². The fraction of sp³-hybridized carbons (Fsp3) is 0.100. The fourth-order valence-electron chi connectivity index (χ4n) is 1.34. The lowest BCUT2D eigenvalue weighted by Crippen LogP contribution is -2.05. The zero-order valence-corrected chi connectivity index (χ0v) is 8.32. The number of alkyl halides is 3. The van der Waals surface area contributed by atoms with Crippen molar-refractivity contribution in [3.8, 4) is 11.3 Å². The van der Waals surface area contributed by atoms with Gasteiger partial charge in [-0.1, -0.05) is 0 Å². The van der Waals surface area contributed by atoms with Crippen molar-refractivity contribution < 1.29 is 18.0 Å². The Morgan fingerprint density at radius 1 is 1.24 bits per heavy atom. The first-order chi connectivity index (χ1) is 8.02. The lowest BCUT2D eigenvalue weighted by molar-refractivity contribution is -0.137. The van der Waals surface area contributed by atoms with Gasteiger partial charge >= 0.3 is 6.18 Å². The van der Waals surface area contributed by atoms with E-state index in [0.29, 0.717) is 12.5 Å². The first-order valence-corrected chi connectivity index (χ1v) is 4.54. The molecule has 2 heterocycles. The number of pyridine rings is 1. The number of nitrogens with zero attached hydrogens (tertiary/aromatic N) is 2. The highest BCUT2D eigenvalue weighted by Crippen LogP contribution is 2.35. The molecule has 1 N–H and O–H groups in total. The van der Waals surface area contributed by atoms with Crippen LogP contribution in [0.2, 0.25) is 0 Å². The maximum atomic E-state index is 12.6. The fourth-order valence-corrected chi connectivity index (χ4v) is 1.34. The van der Waals surface area contributed by atoms with Gasteiger partial charge in [0.15, 0.2) is 6.29 Å². The molecule has 0 spiro atoms. The number of aldehydes is 1. The molecule has 0 aliphatic carbocycles. The van der Waals surface area contributed by atoms with Crippen LogP contribution < -0.4 is 0 Å². The lowest BCUT2D eigenvalue weighted by atomic mass is 10.1. The molecule has 2 rings (SSSR count). The average Bonchev–Trinajstić information content (AvgIpc) is 2.78. The van der Waals surface area contributed by atoms with Crippen molar-refractivity contribution in [2.75, 3.05) is 0 Å². The Morgan fingerprint density at radius 2 is 2.00 bits per heavy atom. The van der Waals surface area contributed by atoms with Gasteiger partial charge in [0.2, 0.25) is 0 Å². The largest absolute Gasteiger partial charge is 0.420 e. The Labute approximate surface area is 93.5 Å². The second-order valence-corrected chi connectivity index (χ2v) is 3.25. The summed E-state index contributed by atoms with van der Waals surface area (Å²) in [7, 11) is 0. The van der Waals surface area contributed by atoms with Gasteiger partial charge in [-0.05, 0) is 12.1 Å². The van der Waals surface area contributed by atoms with Crippen LogP contribution in [0, 0.1) is 0 Å². The molecule has 4 nitrogen and oxygen atoms in total. The Kier molecular flexibility index (Phi) is 2.66. The van der Waals surface area contributed by atoms with Gasteiger partial charge in [0.25, 0.3) is 0 Å². The van der Waals surface area contributed by atoms with Crippen molar-refractivity contribution in [3.05, 3.63) is 35.8 Å². The minimum absolute atomic E-state index is 0.154. The zero-order chi connectivity index (χ0) is 12.5. The number of nitrogens with one attached hydrogen (secondary N) is 1. The lowest BCUT2D eigenvalue weighted by Gasteiger charge is -2.06. The van der Waals surface area contributed by atoms with E-state index in [1.165, 1.54) is 18.3 Å². The minimum Gasteiger partial charge on any atom is -0.296 e. The summed E-state index contributed by atoms with van der Waals surface area (Å²) in [5, 5.41) is 5.63. The molecule has 17 heavy (non-hydrogen) atoms. The molecule has 0 unspecified atom stereocenters. The van der Waals surface area contributed by atoms with Gasteiger partial charge in [-0.2, -0.15) is 18.3 Å². The summed E-state index contributed by atoms with van der Waals surface area (Å²) >= 11 is 0. The van der Waals surface area contributed by atoms with E-state index in [1.54, 1.807) is 0 Å². The van der Waals surface area contributed by atoms with E-state index in [4.69, 9.17) is 0 Å². The van der Waals surface area contributed by atoms with Crippen LogP contribution in [0.1, 0.15) is 16.1 Å². The quantitative estimate of drug-likeness (QED) is 0.820. The Hall–Kier alpha value is -2.18. The highest BCUT2D eigenvalue weighted by atomic mass is 19.4. The van der Waals surface area contributed by atoms with Crippen molar-refractivity contribution in [3.63, 3.8) is 0 Å². The molecular formula is C10H6F3N3O. The van der Waals surface area contributed by atoms with Crippen molar-refractivity contribution >= 4 is 6.29 Å². The predicted octanol–water partition coefficient (Wildman–Crippen LogP) is 2.30. The number of carbonyl (C=O) groups is 1. The maximum absolute atomic E-state index is 12.6. The molecule has 0 amide bonds. The molecule has 0 saturated carbocycles. The Balaban J connectivity index is 2.46. The number of aromatic nitrogens is 3. The molecule has 0 aliphatic heterocycles. The van der Waals surface area contributed by atoms with Crippen molar-refractivity contribution in [1.82, 2.24) is 15.2 Å². The predicted molar refractivity (Wildman–Crippen MR) is 52.2 cm³/mol. The summed E-state index contributed by atoms with van der Waals surface area (Å²) in [6.45, 7) is 0. The first-order valence-electron chi connectivity index (χ1n) is 4.54. The maximum Gasteiger partial charge on any atom is 0.420 e. The molecule has 0 aliphatic rings. The van der Waals surface area contributed by atoms with Gasteiger partial charge in [0, 0.05) is 11.8 Å². The number of halogens is 3. The van der Waals surface area contributed by atoms with E-state index in [-0.39, 0.29) is 17.0 Å². The van der Waals surface area contributed by atoms with E-state index in [1.807, 2.05) is 0 Å². The molecule has 2 aromatic rings. The molecule has 2 aromatic heterocycles. The van der Waals surface area contributed by atoms with E-state index in [0.717, 1.165) is 0 Å². The smallest absolute Gasteiger partial charge is 0.296 e. The number of carbonyl (C=O) groups excluding carboxylic acids is 1. The van der Waals surface area contributed by atoms with Gasteiger partial charge in [-0.15, -0.1) is 0 Å². The number of aromatic amines is 1. The number of hydrogen-bond donors (Lipinski definition) is 1. The number of hydrogen-bond acceptors (Lipinski definition) is 3. The molecule has 88 valence electrons. The third-order valence-corrected chi connectivity index (χ3v) is 2.14. The molecular weight excluding hydrogens is 235 g/mol. The monoisotopic (exact) mass is 241 g/mol. The molecule has 7 heteroatoms. The van der Waals surface area contributed by atoms with Gasteiger partial charge in [-0.25, -0.2) is 0 Å². The SMILES string of the molecule is O=Cc1ccc(-c2[nH]ncc2C(F)(F)F)cn1. The molecule has 0 saturated heterocycles. The molecule has 0 aromatic carbocycles. The van der Waals surface area contributed by atoms with Crippen molar-refractivity contribution in [1.29, 1.82) is 0 Å². The zero-order valence-electron chi connectivity index (χ0n) is 8.32. The third kappa shape index (κ3) is 2.17. The molecule has 0 radical (unpaired) electrons. The number of rotatable bonds is 2. The van der Waals surface area contributed by atoms with Crippen LogP contribution in [0.3, 0.4) is 0 Å². The van der Waals surface area contributed by atoms with Crippen molar-refractivity contribution in [2.24, 2.45) is 0 Å². The highest BCUT2D eigenvalue weighted by molar-refractivity contribution is 5.73. The van der Waals surface area contributed by atoms with Crippen LogP contribution in [-0.4, -0.2) is 21.5 Å². The van der Waals surface area contributed by atoms with Gasteiger partial charge in [-0.3, -0.25) is 14.9 Å². The van der Waals surface area contributed by atoms with Crippen molar-refractivity contribution in [2.45, 2.75) is 6.18 Å². The summed E-state index contributed by atoms with van der Waals surface area (Å²) in [6.07, 6.45) is -2.07. The van der Waals surface area contributed by atoms with E-state index >= 15 is 0 Å². The van der Waals surface area contributed by atoms with Gasteiger partial charge in [0.1, 0.15) is 11.3 Å². The second kappa shape index (κ2) is 4.00. The van der Waals surface area contributed by atoms with Crippen LogP contribution in [0.25, 0.3) is 11.3 Å². The molecule has 0 atom stereocenters. The number of H-pyrrole nitrogens is 1. The first kappa shape index (κ1) is 11.3. The van der Waals surface area contributed by atoms with E-state index in [2.05, 4.69) is 15.2 Å². The summed E-state index contributed by atoms with van der Waals surface area (Å²) in [5.74, 6) is 0. The second-order valence-electron chi connectivity index (χ2n) is 3.25. The normalized spacial score (nSPS) is 11.5. The Morgan fingerprint density at radius 3 is 2.53 bits per heavy atom. The Bertz CT molecular complexity index is 530. The summed E-state index contributed by atoms with van der Waals surface area (Å²) in [4.78, 5) is 14.1. The standard InChI is InChI=1S/C10H6F3N3O/c11-10(12,13)8-4-15-16-9(8)6-1-2-7(5-17)14-3-6/h1-5H,(H,15,16). The van der Waals surface area contributed by atoms with Crippen LogP contribution in [0.5, 0.6) is 0 Å².